The SMILES string of the molecule is COCCn1cc(Nc2ncc3c(n2)-c2c(nn(C)c2-c2sccc2Cl)CC3c2cccc(-c3c4c(nn3C)CCc3cnc(N=C(N)CC=NCCN5CCNCC5)nc3-4)c2)cn1. The molecule has 0 bridgehead atoms. The third kappa shape index (κ3) is 8.34. The van der Waals surface area contributed by atoms with E-state index in [-0.39, 0.29) is 5.92 Å². The monoisotopic (exact) mass is 896 g/mol. The van der Waals surface area contributed by atoms with Gasteiger partial charge in [-0.1, -0.05) is 29.8 Å². The van der Waals surface area contributed by atoms with Crippen LogP contribution >= 0.6 is 22.9 Å². The summed E-state index contributed by atoms with van der Waals surface area (Å²) >= 11 is 8.38. The highest BCUT2D eigenvalue weighted by Gasteiger charge is 2.35. The maximum absolute atomic E-state index is 6.79. The lowest BCUT2D eigenvalue weighted by Crippen LogP contribution is -2.44. The molecular formula is C45H49ClN16OS. The van der Waals surface area contributed by atoms with E-state index in [4.69, 9.17) is 47.2 Å². The molecule has 0 amide bonds. The number of nitrogens with zero attached hydrogens (tertiary/aromatic N) is 13. The van der Waals surface area contributed by atoms with Crippen LogP contribution in [0.15, 0.2) is 70.5 Å². The molecule has 6 aromatic heterocycles. The normalized spacial score (nSPS) is 16.2. The minimum atomic E-state index is -0.0944. The molecule has 19 heteroatoms. The van der Waals surface area contributed by atoms with Crippen LogP contribution in [0.2, 0.25) is 5.02 Å². The van der Waals surface area contributed by atoms with Crippen LogP contribution < -0.4 is 16.4 Å². The summed E-state index contributed by atoms with van der Waals surface area (Å²) in [6.07, 6.45) is 12.0. The van der Waals surface area contributed by atoms with Crippen LogP contribution in [-0.4, -0.2) is 119 Å². The van der Waals surface area contributed by atoms with E-state index < -0.39 is 0 Å². The number of piperazine rings is 1. The van der Waals surface area contributed by atoms with E-state index in [0.29, 0.717) is 48.7 Å². The zero-order valence-electron chi connectivity index (χ0n) is 36.0. The molecule has 7 aromatic rings. The predicted octanol–water partition coefficient (Wildman–Crippen LogP) is 5.84. The summed E-state index contributed by atoms with van der Waals surface area (Å²) in [4.78, 5) is 32.3. The molecule has 17 nitrogen and oxygen atoms in total. The van der Waals surface area contributed by atoms with Gasteiger partial charge >= 0.3 is 0 Å². The van der Waals surface area contributed by atoms with E-state index in [2.05, 4.69) is 59.9 Å². The number of amidine groups is 1. The molecule has 1 fully saturated rings. The number of benzene rings is 1. The fourth-order valence-corrected chi connectivity index (χ4v) is 10.2. The number of nitrogens with one attached hydrogen (secondary N) is 2. The molecule has 0 spiro atoms. The first-order valence-electron chi connectivity index (χ1n) is 21.5. The predicted molar refractivity (Wildman–Crippen MR) is 251 cm³/mol. The van der Waals surface area contributed by atoms with Gasteiger partial charge in [0.25, 0.3) is 5.95 Å². The number of aromatic nitrogens is 10. The Labute approximate surface area is 379 Å². The topological polar surface area (TPSA) is 192 Å². The van der Waals surface area contributed by atoms with Gasteiger partial charge in [0.15, 0.2) is 0 Å². The van der Waals surface area contributed by atoms with Gasteiger partial charge in [-0.25, -0.2) is 19.9 Å². The third-order valence-electron chi connectivity index (χ3n) is 12.0. The summed E-state index contributed by atoms with van der Waals surface area (Å²) in [7, 11) is 5.64. The Kier molecular flexibility index (Phi) is 11.8. The number of rotatable bonds is 14. The van der Waals surface area contributed by atoms with Gasteiger partial charge in [0.2, 0.25) is 5.95 Å². The number of ether oxygens (including phenoxy) is 1. The second-order valence-corrected chi connectivity index (χ2v) is 17.5. The highest BCUT2D eigenvalue weighted by molar-refractivity contribution is 7.14. The Morgan fingerprint density at radius 1 is 1.00 bits per heavy atom. The van der Waals surface area contributed by atoms with E-state index in [1.807, 2.05) is 64.4 Å². The van der Waals surface area contributed by atoms with Crippen LogP contribution in [0.1, 0.15) is 40.4 Å². The molecule has 1 atom stereocenters. The van der Waals surface area contributed by atoms with Crippen molar-refractivity contribution >= 4 is 52.6 Å². The van der Waals surface area contributed by atoms with Crippen molar-refractivity contribution in [3.05, 3.63) is 93.6 Å². The number of nitrogens with two attached hydrogens (primary N) is 1. The molecule has 0 radical (unpaired) electrons. The molecule has 64 heavy (non-hydrogen) atoms. The van der Waals surface area contributed by atoms with Gasteiger partial charge < -0.3 is 21.1 Å². The van der Waals surface area contributed by atoms with E-state index in [1.54, 1.807) is 24.6 Å². The van der Waals surface area contributed by atoms with Crippen LogP contribution in [0.4, 0.5) is 17.6 Å². The minimum Gasteiger partial charge on any atom is -0.387 e. The van der Waals surface area contributed by atoms with Crippen LogP contribution in [0.3, 0.4) is 0 Å². The Bertz CT molecular complexity index is 2890. The lowest BCUT2D eigenvalue weighted by Gasteiger charge is -2.26. The van der Waals surface area contributed by atoms with Crippen molar-refractivity contribution in [3.8, 4) is 44.3 Å². The number of hydrogen-bond acceptors (Lipinski definition) is 14. The van der Waals surface area contributed by atoms with Gasteiger partial charge in [-0.2, -0.15) is 20.3 Å². The van der Waals surface area contributed by atoms with Crippen molar-refractivity contribution in [1.82, 2.24) is 59.5 Å². The van der Waals surface area contributed by atoms with Crippen LogP contribution in [0.25, 0.3) is 44.3 Å². The Hall–Kier alpha value is -6.18. The van der Waals surface area contributed by atoms with Gasteiger partial charge in [0.05, 0.1) is 81.2 Å². The molecule has 3 aliphatic rings. The average molecular weight is 898 g/mol. The number of halogens is 1. The largest absolute Gasteiger partial charge is 0.387 e. The van der Waals surface area contributed by atoms with E-state index in [1.165, 1.54) is 0 Å². The Morgan fingerprint density at radius 3 is 2.69 bits per heavy atom. The van der Waals surface area contributed by atoms with Crippen LogP contribution in [0.5, 0.6) is 0 Å². The second kappa shape index (κ2) is 18.1. The summed E-state index contributed by atoms with van der Waals surface area (Å²) in [6.45, 7) is 7.01. The molecule has 328 valence electrons. The number of methoxy groups -OCH3 is 1. The number of fused-ring (bicyclic) bond motifs is 6. The molecule has 1 aliphatic heterocycles. The standard InChI is InChI=1S/C45H49ClN16OS/c1-59-41(37-34(57-59)8-7-29-23-50-45(55-39(29)37)54-36(47)9-11-48-12-15-61-16-13-49-14-17-61)28-6-4-5-27(21-28)31-22-35-38(42(60(2)58-35)43-33(46)10-20-64-43)40-32(31)25-51-44(56-40)53-30-24-52-62(26-30)18-19-63-3/h4-6,10-11,20-21,23-26,31,49H,7-9,12-19,22H2,1-3H3,(H,51,53,56)(H2,47,50,54,55). The van der Waals surface area contributed by atoms with Crippen molar-refractivity contribution < 1.29 is 4.74 Å². The number of anilines is 2. The summed E-state index contributed by atoms with van der Waals surface area (Å²) in [6, 6.07) is 10.6. The van der Waals surface area contributed by atoms with E-state index in [0.717, 1.165) is 130 Å². The second-order valence-electron chi connectivity index (χ2n) is 16.2. The van der Waals surface area contributed by atoms with Gasteiger partial charge in [-0.15, -0.1) is 11.3 Å². The molecule has 1 saturated heterocycles. The first-order valence-corrected chi connectivity index (χ1v) is 22.8. The number of thiophene rings is 1. The molecule has 2 aliphatic carbocycles. The van der Waals surface area contributed by atoms with E-state index in [9.17, 15) is 0 Å². The smallest absolute Gasteiger partial charge is 0.251 e. The molecule has 7 heterocycles. The van der Waals surface area contributed by atoms with Crippen molar-refractivity contribution in [2.24, 2.45) is 29.8 Å². The quantitative estimate of drug-likeness (QED) is 0.0874. The van der Waals surface area contributed by atoms with Crippen LogP contribution in [-0.2, 0) is 44.6 Å². The lowest BCUT2D eigenvalue weighted by atomic mass is 9.79. The zero-order valence-corrected chi connectivity index (χ0v) is 37.6. The first-order chi connectivity index (χ1) is 31.3. The van der Waals surface area contributed by atoms with E-state index >= 15 is 0 Å². The fourth-order valence-electron chi connectivity index (χ4n) is 8.96. The van der Waals surface area contributed by atoms with Crippen molar-refractivity contribution in [2.45, 2.75) is 38.1 Å². The maximum Gasteiger partial charge on any atom is 0.251 e. The highest BCUT2D eigenvalue weighted by Crippen LogP contribution is 2.49. The van der Waals surface area contributed by atoms with Crippen molar-refractivity contribution in [1.29, 1.82) is 0 Å². The van der Waals surface area contributed by atoms with Gasteiger partial charge in [0.1, 0.15) is 5.84 Å². The zero-order chi connectivity index (χ0) is 43.7. The number of aryl methyl sites for hydroxylation is 4. The Balaban J connectivity index is 0.968. The molecule has 10 rings (SSSR count). The van der Waals surface area contributed by atoms with Gasteiger partial charge in [-0.05, 0) is 41.5 Å². The summed E-state index contributed by atoms with van der Waals surface area (Å²) in [5.74, 6) is 1.10. The molecule has 1 aromatic carbocycles. The number of aliphatic imine (C=N–C) groups is 2. The third-order valence-corrected chi connectivity index (χ3v) is 13.4. The minimum absolute atomic E-state index is 0.0944. The summed E-state index contributed by atoms with van der Waals surface area (Å²) < 4.78 is 11.0. The molecule has 4 N–H and O–H groups in total. The highest BCUT2D eigenvalue weighted by atomic mass is 35.5. The Morgan fingerprint density at radius 2 is 1.84 bits per heavy atom. The summed E-state index contributed by atoms with van der Waals surface area (Å²) in [5.41, 5.74) is 18.8. The number of hydrogen-bond donors (Lipinski definition) is 3. The summed E-state index contributed by atoms with van der Waals surface area (Å²) in [5, 5.41) is 24.0. The molecule has 0 saturated carbocycles. The maximum atomic E-state index is 6.79. The lowest BCUT2D eigenvalue weighted by molar-refractivity contribution is 0.183. The first kappa shape index (κ1) is 41.8. The van der Waals surface area contributed by atoms with Crippen molar-refractivity contribution in [3.63, 3.8) is 0 Å². The van der Waals surface area contributed by atoms with Crippen LogP contribution in [0, 0.1) is 0 Å². The van der Waals surface area contributed by atoms with Gasteiger partial charge in [0, 0.05) is 114 Å². The fraction of sp³-hybridized carbons (Fsp3) is 0.356. The molecular weight excluding hydrogens is 848 g/mol. The average Bonchev–Trinajstić information content (AvgIpc) is 4.10. The van der Waals surface area contributed by atoms with Gasteiger partial charge in [-0.3, -0.25) is 23.9 Å². The molecule has 1 unspecified atom stereocenters. The van der Waals surface area contributed by atoms with Crippen molar-refractivity contribution in [2.75, 3.05) is 58.3 Å².